The van der Waals surface area contributed by atoms with E-state index >= 15 is 0 Å². The van der Waals surface area contributed by atoms with Crippen LogP contribution < -0.4 is 0 Å². The van der Waals surface area contributed by atoms with E-state index in [0.717, 1.165) is 10.5 Å². The molecule has 28 heavy (non-hydrogen) atoms. The number of piperidine rings is 1. The summed E-state index contributed by atoms with van der Waals surface area (Å²) in [6.45, 7) is 1.10. The summed E-state index contributed by atoms with van der Waals surface area (Å²) < 4.78 is 13.1. The van der Waals surface area contributed by atoms with Gasteiger partial charge in [-0.15, -0.1) is 0 Å². The van der Waals surface area contributed by atoms with Crippen molar-refractivity contribution >= 4 is 17.8 Å². The minimum atomic E-state index is -0.331. The quantitative estimate of drug-likeness (QED) is 0.815. The molecule has 0 radical (unpaired) electrons. The summed E-state index contributed by atoms with van der Waals surface area (Å²) in [5, 5.41) is 6.90. The van der Waals surface area contributed by atoms with Crippen molar-refractivity contribution in [3.05, 3.63) is 41.8 Å². The maximum Gasteiger partial charge on any atom is 0.327 e. The highest BCUT2D eigenvalue weighted by Crippen LogP contribution is 2.23. The molecule has 2 fully saturated rings. The summed E-state index contributed by atoms with van der Waals surface area (Å²) in [4.78, 5) is 41.0. The second-order valence-electron chi connectivity index (χ2n) is 7.06. The fraction of sp³-hybridized carbons (Fsp3) is 0.368. The van der Waals surface area contributed by atoms with Crippen LogP contribution >= 0.6 is 0 Å². The number of hydrogen-bond acceptors (Lipinski definition) is 4. The van der Waals surface area contributed by atoms with Crippen molar-refractivity contribution in [3.8, 4) is 11.3 Å². The van der Waals surface area contributed by atoms with Gasteiger partial charge in [0.1, 0.15) is 18.1 Å². The Balaban J connectivity index is 1.39. The number of rotatable bonds is 3. The number of likely N-dealkylation sites (tertiary alicyclic amines) is 1. The Morgan fingerprint density at radius 3 is 2.46 bits per heavy atom. The topological polar surface area (TPSA) is 89.6 Å². The van der Waals surface area contributed by atoms with E-state index in [0.29, 0.717) is 37.3 Å². The highest BCUT2D eigenvalue weighted by Gasteiger charge is 2.39. The van der Waals surface area contributed by atoms with Gasteiger partial charge in [-0.25, -0.2) is 9.18 Å². The molecule has 146 valence electrons. The summed E-state index contributed by atoms with van der Waals surface area (Å²) in [7, 11) is 1.49. The summed E-state index contributed by atoms with van der Waals surface area (Å²) in [6, 6.07) is 7.25. The van der Waals surface area contributed by atoms with Gasteiger partial charge < -0.3 is 9.80 Å². The Morgan fingerprint density at radius 1 is 1.18 bits per heavy atom. The van der Waals surface area contributed by atoms with Gasteiger partial charge in [-0.1, -0.05) is 0 Å². The van der Waals surface area contributed by atoms with Crippen LogP contribution in [0.1, 0.15) is 23.3 Å². The van der Waals surface area contributed by atoms with Crippen LogP contribution in [0.15, 0.2) is 30.3 Å². The first kappa shape index (κ1) is 18.1. The predicted octanol–water partition coefficient (Wildman–Crippen LogP) is 1.71. The van der Waals surface area contributed by atoms with Crippen molar-refractivity contribution in [1.29, 1.82) is 0 Å². The lowest BCUT2D eigenvalue weighted by atomic mass is 10.0. The van der Waals surface area contributed by atoms with Crippen molar-refractivity contribution < 1.29 is 18.8 Å². The first-order chi connectivity index (χ1) is 13.4. The van der Waals surface area contributed by atoms with Gasteiger partial charge in [0, 0.05) is 31.7 Å². The number of aromatic nitrogens is 2. The molecule has 0 atom stereocenters. The normalized spacial score (nSPS) is 18.3. The van der Waals surface area contributed by atoms with Crippen molar-refractivity contribution in [2.75, 3.05) is 26.7 Å². The maximum atomic E-state index is 13.1. The number of carbonyl (C=O) groups is 3. The van der Waals surface area contributed by atoms with E-state index < -0.39 is 0 Å². The zero-order chi connectivity index (χ0) is 19.8. The van der Waals surface area contributed by atoms with Crippen molar-refractivity contribution in [2.24, 2.45) is 0 Å². The van der Waals surface area contributed by atoms with Gasteiger partial charge in [0.05, 0.1) is 5.69 Å². The molecule has 8 nitrogen and oxygen atoms in total. The van der Waals surface area contributed by atoms with Gasteiger partial charge in [0.25, 0.3) is 5.91 Å². The Bertz CT molecular complexity index is 918. The summed E-state index contributed by atoms with van der Waals surface area (Å²) in [5.74, 6) is -0.697. The molecule has 4 amide bonds. The third kappa shape index (κ3) is 3.23. The van der Waals surface area contributed by atoms with Gasteiger partial charge in [-0.3, -0.25) is 19.6 Å². The molecule has 4 rings (SSSR count). The van der Waals surface area contributed by atoms with Crippen LogP contribution in [0.3, 0.4) is 0 Å². The Labute approximate surface area is 160 Å². The number of carbonyl (C=O) groups excluding carboxylic acids is 3. The van der Waals surface area contributed by atoms with Crippen molar-refractivity contribution in [2.45, 2.75) is 18.9 Å². The van der Waals surface area contributed by atoms with E-state index in [9.17, 15) is 18.8 Å². The van der Waals surface area contributed by atoms with Crippen LogP contribution in [0, 0.1) is 5.82 Å². The van der Waals surface area contributed by atoms with Crippen LogP contribution in [-0.4, -0.2) is 75.5 Å². The standard InChI is InChI=1S/C19H20FN5O3/c1-23-17(26)11-25(19(23)28)14-6-8-24(9-7-14)18(27)16-10-15(21-22-16)12-2-4-13(20)5-3-12/h2-5,10,14H,6-9,11H2,1H3,(H,21,22). The fourth-order valence-corrected chi connectivity index (χ4v) is 3.65. The van der Waals surface area contributed by atoms with Gasteiger partial charge in [0.2, 0.25) is 5.91 Å². The average Bonchev–Trinajstić information content (AvgIpc) is 3.29. The number of nitrogens with one attached hydrogen (secondary N) is 1. The molecule has 0 bridgehead atoms. The molecule has 9 heteroatoms. The molecule has 1 N–H and O–H groups in total. The van der Waals surface area contributed by atoms with Crippen LogP contribution in [-0.2, 0) is 4.79 Å². The fourth-order valence-electron chi connectivity index (χ4n) is 3.65. The molecule has 2 aliphatic heterocycles. The number of nitrogens with zero attached hydrogens (tertiary/aromatic N) is 4. The summed E-state index contributed by atoms with van der Waals surface area (Å²) in [6.07, 6.45) is 1.25. The molecule has 1 aromatic heterocycles. The van der Waals surface area contributed by atoms with Crippen LogP contribution in [0.2, 0.25) is 0 Å². The summed E-state index contributed by atoms with van der Waals surface area (Å²) in [5.41, 5.74) is 1.66. The molecule has 0 aliphatic carbocycles. The Kier molecular flexibility index (Phi) is 4.58. The molecule has 2 saturated heterocycles. The zero-order valence-electron chi connectivity index (χ0n) is 15.4. The monoisotopic (exact) mass is 385 g/mol. The second-order valence-corrected chi connectivity index (χ2v) is 7.06. The minimum absolute atomic E-state index is 0.0398. The van der Waals surface area contributed by atoms with Gasteiger partial charge in [-0.2, -0.15) is 5.10 Å². The van der Waals surface area contributed by atoms with E-state index in [4.69, 9.17) is 0 Å². The Morgan fingerprint density at radius 2 is 1.86 bits per heavy atom. The number of halogens is 1. The van der Waals surface area contributed by atoms with Crippen molar-refractivity contribution in [3.63, 3.8) is 0 Å². The minimum Gasteiger partial charge on any atom is -0.337 e. The van der Waals surface area contributed by atoms with E-state index in [1.165, 1.54) is 19.2 Å². The van der Waals surface area contributed by atoms with E-state index in [2.05, 4.69) is 10.2 Å². The maximum absolute atomic E-state index is 13.1. The van der Waals surface area contributed by atoms with Crippen molar-refractivity contribution in [1.82, 2.24) is 24.9 Å². The SMILES string of the molecule is CN1C(=O)CN(C2CCN(C(=O)c3cc(-c4ccc(F)cc4)n[nH]3)CC2)C1=O. The average molecular weight is 385 g/mol. The Hall–Kier alpha value is -3.23. The molecule has 3 heterocycles. The largest absolute Gasteiger partial charge is 0.337 e. The van der Waals surface area contributed by atoms with E-state index in [1.54, 1.807) is 28.0 Å². The molecule has 1 aromatic carbocycles. The van der Waals surface area contributed by atoms with Crippen LogP contribution in [0.25, 0.3) is 11.3 Å². The summed E-state index contributed by atoms with van der Waals surface area (Å²) >= 11 is 0. The number of likely N-dealkylation sites (N-methyl/N-ethyl adjacent to an activating group) is 1. The molecular formula is C19H20FN5O3. The molecular weight excluding hydrogens is 365 g/mol. The zero-order valence-corrected chi connectivity index (χ0v) is 15.4. The number of hydrogen-bond donors (Lipinski definition) is 1. The molecule has 2 aromatic rings. The molecule has 0 unspecified atom stereocenters. The lowest BCUT2D eigenvalue weighted by Crippen LogP contribution is -2.47. The lowest BCUT2D eigenvalue weighted by molar-refractivity contribution is -0.124. The highest BCUT2D eigenvalue weighted by molar-refractivity contribution is 6.01. The van der Waals surface area contributed by atoms with Gasteiger partial charge in [-0.05, 0) is 43.2 Å². The molecule has 0 saturated carbocycles. The molecule has 0 spiro atoms. The number of amides is 4. The number of benzene rings is 1. The number of imide groups is 1. The van der Waals surface area contributed by atoms with Gasteiger partial charge >= 0.3 is 6.03 Å². The van der Waals surface area contributed by atoms with Crippen LogP contribution in [0.4, 0.5) is 9.18 Å². The van der Waals surface area contributed by atoms with E-state index in [-0.39, 0.29) is 36.2 Å². The third-order valence-electron chi connectivity index (χ3n) is 5.35. The van der Waals surface area contributed by atoms with Crippen LogP contribution in [0.5, 0.6) is 0 Å². The molecule has 2 aliphatic rings. The van der Waals surface area contributed by atoms with E-state index in [1.807, 2.05) is 0 Å². The number of aromatic amines is 1. The number of urea groups is 1. The first-order valence-corrected chi connectivity index (χ1v) is 9.12. The van der Waals surface area contributed by atoms with Gasteiger partial charge in [0.15, 0.2) is 0 Å². The first-order valence-electron chi connectivity index (χ1n) is 9.12. The third-order valence-corrected chi connectivity index (χ3v) is 5.35. The smallest absolute Gasteiger partial charge is 0.327 e. The second kappa shape index (κ2) is 7.06. The number of H-pyrrole nitrogens is 1. The predicted molar refractivity (Wildman–Crippen MR) is 97.8 cm³/mol. The lowest BCUT2D eigenvalue weighted by Gasteiger charge is -2.35. The highest BCUT2D eigenvalue weighted by atomic mass is 19.1.